The van der Waals surface area contributed by atoms with Crippen LogP contribution < -0.4 is 11.1 Å². The normalized spacial score (nSPS) is 9.89. The molecule has 1 heterocycles. The lowest BCUT2D eigenvalue weighted by Gasteiger charge is -2.09. The first-order valence-corrected chi connectivity index (χ1v) is 6.21. The molecular weight excluding hydrogens is 236 g/mol. The average molecular weight is 252 g/mol. The molecule has 0 saturated heterocycles. The number of benzene rings is 1. The molecule has 0 amide bonds. The Morgan fingerprint density at radius 1 is 1.21 bits per heavy atom. The third-order valence-corrected chi connectivity index (χ3v) is 3.00. The molecule has 0 bridgehead atoms. The maximum Gasteiger partial charge on any atom is 0.150 e. The molecule has 0 radical (unpaired) electrons. The van der Waals surface area contributed by atoms with Crippen molar-refractivity contribution in [2.75, 3.05) is 11.1 Å². The van der Waals surface area contributed by atoms with E-state index in [1.165, 1.54) is 5.56 Å². The van der Waals surface area contributed by atoms with Crippen molar-refractivity contribution in [1.29, 1.82) is 5.26 Å². The summed E-state index contributed by atoms with van der Waals surface area (Å²) in [5, 5.41) is 12.1. The van der Waals surface area contributed by atoms with Crippen molar-refractivity contribution in [2.45, 2.75) is 19.9 Å². The number of nitrogens with two attached hydrogens (primary N) is 1. The number of hydrogen-bond donors (Lipinski definition) is 2. The zero-order chi connectivity index (χ0) is 13.7. The lowest BCUT2D eigenvalue weighted by Crippen LogP contribution is -2.05. The Morgan fingerprint density at radius 2 is 1.89 bits per heavy atom. The Kier molecular flexibility index (Phi) is 3.99. The van der Waals surface area contributed by atoms with Crippen LogP contribution in [0, 0.1) is 11.3 Å². The molecular formula is C15H16N4. The predicted molar refractivity (Wildman–Crippen MR) is 76.5 cm³/mol. The Hall–Kier alpha value is -2.54. The Balaban J connectivity index is 2.08. The van der Waals surface area contributed by atoms with Crippen LogP contribution in [0.25, 0.3) is 0 Å². The first kappa shape index (κ1) is 12.9. The van der Waals surface area contributed by atoms with Gasteiger partial charge in [0, 0.05) is 12.7 Å². The van der Waals surface area contributed by atoms with E-state index in [1.54, 1.807) is 12.3 Å². The number of hydrogen-bond acceptors (Lipinski definition) is 4. The van der Waals surface area contributed by atoms with Gasteiger partial charge in [0.1, 0.15) is 6.07 Å². The van der Waals surface area contributed by atoms with E-state index in [2.05, 4.69) is 41.5 Å². The number of nitrogen functional groups attached to an aromatic ring is 1. The number of aromatic nitrogens is 1. The van der Waals surface area contributed by atoms with Crippen molar-refractivity contribution in [1.82, 2.24) is 4.98 Å². The van der Waals surface area contributed by atoms with Gasteiger partial charge in [-0.05, 0) is 23.6 Å². The first-order valence-electron chi connectivity index (χ1n) is 6.21. The molecule has 1 aromatic heterocycles. The maximum absolute atomic E-state index is 8.90. The fourth-order valence-corrected chi connectivity index (χ4v) is 1.79. The minimum atomic E-state index is 0.398. The summed E-state index contributed by atoms with van der Waals surface area (Å²) in [4.78, 5) is 4.15. The fourth-order valence-electron chi connectivity index (χ4n) is 1.79. The largest absolute Gasteiger partial charge is 0.395 e. The fraction of sp³-hybridized carbons (Fsp3) is 0.200. The van der Waals surface area contributed by atoms with Crippen LogP contribution in [-0.2, 0) is 13.0 Å². The number of nitrogens with one attached hydrogen (secondary N) is 1. The molecule has 96 valence electrons. The molecule has 2 rings (SSSR count). The van der Waals surface area contributed by atoms with E-state index in [9.17, 15) is 0 Å². The van der Waals surface area contributed by atoms with E-state index in [-0.39, 0.29) is 0 Å². The highest BCUT2D eigenvalue weighted by molar-refractivity contribution is 5.68. The van der Waals surface area contributed by atoms with Crippen LogP contribution in [0.2, 0.25) is 0 Å². The molecule has 4 nitrogen and oxygen atoms in total. The maximum atomic E-state index is 8.90. The SMILES string of the molecule is CCc1ccc(CNc2nccc(C#N)c2N)cc1. The molecule has 19 heavy (non-hydrogen) atoms. The molecule has 0 aliphatic carbocycles. The van der Waals surface area contributed by atoms with Crippen LogP contribution in [-0.4, -0.2) is 4.98 Å². The lowest BCUT2D eigenvalue weighted by atomic mass is 10.1. The third kappa shape index (κ3) is 3.02. The van der Waals surface area contributed by atoms with Gasteiger partial charge in [0.2, 0.25) is 0 Å². The summed E-state index contributed by atoms with van der Waals surface area (Å²) in [5.74, 6) is 0.554. The van der Waals surface area contributed by atoms with Crippen molar-refractivity contribution >= 4 is 11.5 Å². The van der Waals surface area contributed by atoms with Crippen molar-refractivity contribution < 1.29 is 0 Å². The van der Waals surface area contributed by atoms with E-state index < -0.39 is 0 Å². The van der Waals surface area contributed by atoms with Crippen molar-refractivity contribution in [3.05, 3.63) is 53.2 Å². The Bertz CT molecular complexity index is 597. The summed E-state index contributed by atoms with van der Waals surface area (Å²) in [6.07, 6.45) is 2.61. The molecule has 0 aliphatic rings. The van der Waals surface area contributed by atoms with Crippen LogP contribution in [0.5, 0.6) is 0 Å². The number of anilines is 2. The van der Waals surface area contributed by atoms with E-state index in [0.717, 1.165) is 12.0 Å². The van der Waals surface area contributed by atoms with Gasteiger partial charge in [0.15, 0.2) is 5.82 Å². The van der Waals surface area contributed by atoms with Crippen molar-refractivity contribution in [3.63, 3.8) is 0 Å². The van der Waals surface area contributed by atoms with Crippen LogP contribution in [0.3, 0.4) is 0 Å². The number of nitriles is 1. The van der Waals surface area contributed by atoms with Crippen LogP contribution in [0.4, 0.5) is 11.5 Å². The molecule has 0 saturated carbocycles. The van der Waals surface area contributed by atoms with E-state index in [0.29, 0.717) is 23.6 Å². The van der Waals surface area contributed by atoms with Crippen LogP contribution >= 0.6 is 0 Å². The number of pyridine rings is 1. The quantitative estimate of drug-likeness (QED) is 0.877. The average Bonchev–Trinajstić information content (AvgIpc) is 2.47. The summed E-state index contributed by atoms with van der Waals surface area (Å²) in [6, 6.07) is 12.0. The summed E-state index contributed by atoms with van der Waals surface area (Å²) in [6.45, 7) is 2.77. The molecule has 2 aromatic rings. The number of rotatable bonds is 4. The van der Waals surface area contributed by atoms with Gasteiger partial charge in [-0.25, -0.2) is 4.98 Å². The second kappa shape index (κ2) is 5.87. The second-order valence-corrected chi connectivity index (χ2v) is 4.26. The predicted octanol–water partition coefficient (Wildman–Crippen LogP) is 2.71. The Labute approximate surface area is 112 Å². The molecule has 3 N–H and O–H groups in total. The minimum Gasteiger partial charge on any atom is -0.395 e. The molecule has 0 aliphatic heterocycles. The van der Waals surface area contributed by atoms with Crippen LogP contribution in [0.1, 0.15) is 23.6 Å². The van der Waals surface area contributed by atoms with Gasteiger partial charge >= 0.3 is 0 Å². The zero-order valence-electron chi connectivity index (χ0n) is 10.9. The standard InChI is InChI=1S/C15H16N4/c1-2-11-3-5-12(6-4-11)10-19-15-14(17)13(9-16)7-8-18-15/h3-8H,2,10,17H2,1H3,(H,18,19). The molecule has 0 unspecified atom stereocenters. The van der Waals surface area contributed by atoms with Crippen molar-refractivity contribution in [2.24, 2.45) is 0 Å². The third-order valence-electron chi connectivity index (χ3n) is 3.00. The van der Waals surface area contributed by atoms with Gasteiger partial charge in [-0.3, -0.25) is 0 Å². The highest BCUT2D eigenvalue weighted by atomic mass is 15.0. The van der Waals surface area contributed by atoms with Crippen molar-refractivity contribution in [3.8, 4) is 6.07 Å². The highest BCUT2D eigenvalue weighted by Crippen LogP contribution is 2.19. The summed E-state index contributed by atoms with van der Waals surface area (Å²) in [7, 11) is 0. The summed E-state index contributed by atoms with van der Waals surface area (Å²) >= 11 is 0. The summed E-state index contributed by atoms with van der Waals surface area (Å²) in [5.41, 5.74) is 9.16. The molecule has 0 spiro atoms. The molecule has 1 aromatic carbocycles. The summed E-state index contributed by atoms with van der Waals surface area (Å²) < 4.78 is 0. The zero-order valence-corrected chi connectivity index (χ0v) is 10.9. The van der Waals surface area contributed by atoms with Gasteiger partial charge in [-0.1, -0.05) is 31.2 Å². The van der Waals surface area contributed by atoms with E-state index in [1.807, 2.05) is 6.07 Å². The number of nitrogens with zero attached hydrogens (tertiary/aromatic N) is 2. The Morgan fingerprint density at radius 3 is 2.53 bits per heavy atom. The topological polar surface area (TPSA) is 74.7 Å². The lowest BCUT2D eigenvalue weighted by molar-refractivity contribution is 1.09. The van der Waals surface area contributed by atoms with Crippen LogP contribution in [0.15, 0.2) is 36.5 Å². The smallest absolute Gasteiger partial charge is 0.150 e. The van der Waals surface area contributed by atoms with Gasteiger partial charge in [-0.15, -0.1) is 0 Å². The van der Waals surface area contributed by atoms with Gasteiger partial charge in [0.25, 0.3) is 0 Å². The van der Waals surface area contributed by atoms with E-state index in [4.69, 9.17) is 11.0 Å². The van der Waals surface area contributed by atoms with Gasteiger partial charge in [0.05, 0.1) is 11.3 Å². The molecule has 4 heteroatoms. The van der Waals surface area contributed by atoms with E-state index >= 15 is 0 Å². The monoisotopic (exact) mass is 252 g/mol. The second-order valence-electron chi connectivity index (χ2n) is 4.26. The molecule has 0 fully saturated rings. The highest BCUT2D eigenvalue weighted by Gasteiger charge is 2.05. The minimum absolute atomic E-state index is 0.398. The first-order chi connectivity index (χ1) is 9.24. The molecule has 0 atom stereocenters. The van der Waals surface area contributed by atoms with Gasteiger partial charge in [-0.2, -0.15) is 5.26 Å². The number of aryl methyl sites for hydroxylation is 1. The van der Waals surface area contributed by atoms with Gasteiger partial charge < -0.3 is 11.1 Å².